The molecule has 0 bridgehead atoms. The van der Waals surface area contributed by atoms with Crippen LogP contribution in [0.2, 0.25) is 0 Å². The molecule has 2 aromatic rings. The molecular formula is C18H20O4S. The third-order valence-corrected chi connectivity index (χ3v) is 4.55. The maximum Gasteiger partial charge on any atom is 0.339 e. The molecule has 4 nitrogen and oxygen atoms in total. The first-order chi connectivity index (χ1) is 11.0. The molecule has 0 heterocycles. The summed E-state index contributed by atoms with van der Waals surface area (Å²) in [5, 5.41) is 0. The van der Waals surface area contributed by atoms with Gasteiger partial charge in [0.1, 0.15) is 23.0 Å². The molecule has 0 atom stereocenters. The molecular weight excluding hydrogens is 312 g/mol. The number of ether oxygens (including phenoxy) is 1. The van der Waals surface area contributed by atoms with Gasteiger partial charge in [0.25, 0.3) is 0 Å². The zero-order valence-corrected chi connectivity index (χ0v) is 14.1. The van der Waals surface area contributed by atoms with Crippen molar-refractivity contribution in [2.24, 2.45) is 0 Å². The monoisotopic (exact) mass is 332 g/mol. The number of hydrogen-bond donors (Lipinski definition) is 0. The minimum absolute atomic E-state index is 0.122. The summed E-state index contributed by atoms with van der Waals surface area (Å²) in [6, 6.07) is 11.5. The van der Waals surface area contributed by atoms with Crippen molar-refractivity contribution in [3.63, 3.8) is 0 Å². The van der Waals surface area contributed by atoms with E-state index in [0.717, 1.165) is 17.5 Å². The van der Waals surface area contributed by atoms with Gasteiger partial charge in [0.05, 0.1) is 0 Å². The molecule has 0 saturated carbocycles. The average molecular weight is 332 g/mol. The van der Waals surface area contributed by atoms with Crippen molar-refractivity contribution in [2.75, 3.05) is 6.61 Å². The van der Waals surface area contributed by atoms with Gasteiger partial charge in [-0.2, -0.15) is 8.42 Å². The van der Waals surface area contributed by atoms with Crippen LogP contribution in [-0.2, 0) is 16.5 Å². The SMILES string of the molecule is C=CCOc1cc(OS(=O)(=O)c2ccc(C)cc2)ccc1CC. The van der Waals surface area contributed by atoms with E-state index in [1.165, 1.54) is 12.1 Å². The molecule has 0 N–H and O–H groups in total. The van der Waals surface area contributed by atoms with Gasteiger partial charge in [0.15, 0.2) is 0 Å². The maximum absolute atomic E-state index is 12.3. The summed E-state index contributed by atoms with van der Waals surface area (Å²) in [5.74, 6) is 0.825. The smallest absolute Gasteiger partial charge is 0.339 e. The van der Waals surface area contributed by atoms with Crippen LogP contribution in [0.5, 0.6) is 11.5 Å². The third-order valence-electron chi connectivity index (χ3n) is 3.29. The average Bonchev–Trinajstić information content (AvgIpc) is 2.53. The highest BCUT2D eigenvalue weighted by Crippen LogP contribution is 2.27. The Morgan fingerprint density at radius 2 is 1.83 bits per heavy atom. The molecule has 2 aromatic carbocycles. The van der Waals surface area contributed by atoms with Crippen LogP contribution in [0.1, 0.15) is 18.1 Å². The molecule has 0 aliphatic carbocycles. The van der Waals surface area contributed by atoms with E-state index in [1.54, 1.807) is 36.4 Å². The van der Waals surface area contributed by atoms with Crippen molar-refractivity contribution in [3.8, 4) is 11.5 Å². The standard InChI is InChI=1S/C18H20O4S/c1-4-12-21-18-13-16(9-8-15(18)5-2)22-23(19,20)17-10-6-14(3)7-11-17/h4,6-11,13H,1,5,12H2,2-3H3. The van der Waals surface area contributed by atoms with Gasteiger partial charge in [-0.25, -0.2) is 0 Å². The fraction of sp³-hybridized carbons (Fsp3) is 0.222. The summed E-state index contributed by atoms with van der Waals surface area (Å²) < 4.78 is 35.4. The van der Waals surface area contributed by atoms with Crippen molar-refractivity contribution in [1.82, 2.24) is 0 Å². The highest BCUT2D eigenvalue weighted by molar-refractivity contribution is 7.87. The summed E-state index contributed by atoms with van der Waals surface area (Å²) in [7, 11) is -3.86. The maximum atomic E-state index is 12.3. The molecule has 0 spiro atoms. The Labute approximate surface area is 137 Å². The first-order valence-electron chi connectivity index (χ1n) is 7.34. The predicted molar refractivity (Wildman–Crippen MR) is 90.5 cm³/mol. The zero-order chi connectivity index (χ0) is 16.9. The van der Waals surface area contributed by atoms with Crippen LogP contribution in [-0.4, -0.2) is 15.0 Å². The normalized spacial score (nSPS) is 11.0. The Bertz CT molecular complexity index is 777. The van der Waals surface area contributed by atoms with E-state index in [0.29, 0.717) is 12.4 Å². The van der Waals surface area contributed by atoms with Crippen LogP contribution in [0.4, 0.5) is 0 Å². The number of benzene rings is 2. The predicted octanol–water partition coefficient (Wildman–Crippen LogP) is 3.89. The summed E-state index contributed by atoms with van der Waals surface area (Å²) in [6.07, 6.45) is 2.41. The van der Waals surface area contributed by atoms with Gasteiger partial charge in [0, 0.05) is 6.07 Å². The second kappa shape index (κ2) is 7.33. The molecule has 0 saturated heterocycles. The topological polar surface area (TPSA) is 52.6 Å². The van der Waals surface area contributed by atoms with Gasteiger partial charge in [-0.05, 0) is 37.1 Å². The van der Waals surface area contributed by atoms with Gasteiger partial charge in [0.2, 0.25) is 0 Å². The fourth-order valence-electron chi connectivity index (χ4n) is 2.04. The molecule has 0 aromatic heterocycles. The quantitative estimate of drug-likeness (QED) is 0.570. The lowest BCUT2D eigenvalue weighted by Crippen LogP contribution is -2.10. The first-order valence-corrected chi connectivity index (χ1v) is 8.75. The molecule has 0 unspecified atom stereocenters. The van der Waals surface area contributed by atoms with Crippen LogP contribution in [0.3, 0.4) is 0 Å². The second-order valence-corrected chi connectivity index (χ2v) is 6.62. The van der Waals surface area contributed by atoms with Gasteiger partial charge in [-0.15, -0.1) is 0 Å². The first kappa shape index (κ1) is 17.1. The van der Waals surface area contributed by atoms with E-state index in [2.05, 4.69) is 6.58 Å². The Morgan fingerprint density at radius 1 is 1.13 bits per heavy atom. The highest BCUT2D eigenvalue weighted by Gasteiger charge is 2.17. The fourth-order valence-corrected chi connectivity index (χ4v) is 2.96. The Balaban J connectivity index is 2.28. The lowest BCUT2D eigenvalue weighted by molar-refractivity contribution is 0.358. The molecule has 0 aliphatic heterocycles. The lowest BCUT2D eigenvalue weighted by Gasteiger charge is -2.12. The molecule has 122 valence electrons. The highest BCUT2D eigenvalue weighted by atomic mass is 32.2. The van der Waals surface area contributed by atoms with Gasteiger partial charge < -0.3 is 8.92 Å². The summed E-state index contributed by atoms with van der Waals surface area (Å²) in [6.45, 7) is 7.85. The molecule has 0 fully saturated rings. The number of hydrogen-bond acceptors (Lipinski definition) is 4. The lowest BCUT2D eigenvalue weighted by atomic mass is 10.1. The van der Waals surface area contributed by atoms with Crippen LogP contribution >= 0.6 is 0 Å². The van der Waals surface area contributed by atoms with Crippen molar-refractivity contribution in [2.45, 2.75) is 25.2 Å². The zero-order valence-electron chi connectivity index (χ0n) is 13.3. The number of rotatable bonds is 7. The Kier molecular flexibility index (Phi) is 5.45. The Morgan fingerprint density at radius 3 is 2.43 bits per heavy atom. The Hall–Kier alpha value is -2.27. The summed E-state index contributed by atoms with van der Waals surface area (Å²) >= 11 is 0. The van der Waals surface area contributed by atoms with Crippen molar-refractivity contribution in [1.29, 1.82) is 0 Å². The molecule has 0 radical (unpaired) electrons. The van der Waals surface area contributed by atoms with Crippen LogP contribution in [0, 0.1) is 6.92 Å². The van der Waals surface area contributed by atoms with Crippen molar-refractivity contribution < 1.29 is 17.3 Å². The minimum Gasteiger partial charge on any atom is -0.489 e. The molecule has 5 heteroatoms. The van der Waals surface area contributed by atoms with Crippen LogP contribution in [0.15, 0.2) is 60.0 Å². The van der Waals surface area contributed by atoms with Gasteiger partial charge >= 0.3 is 10.1 Å². The van der Waals surface area contributed by atoms with E-state index in [-0.39, 0.29) is 10.6 Å². The molecule has 2 rings (SSSR count). The summed E-state index contributed by atoms with van der Waals surface area (Å²) in [4.78, 5) is 0.122. The number of aryl methyl sites for hydroxylation is 2. The summed E-state index contributed by atoms with van der Waals surface area (Å²) in [5.41, 5.74) is 1.96. The van der Waals surface area contributed by atoms with E-state index in [1.807, 2.05) is 13.8 Å². The van der Waals surface area contributed by atoms with Gasteiger partial charge in [-0.3, -0.25) is 0 Å². The van der Waals surface area contributed by atoms with Crippen molar-refractivity contribution >= 4 is 10.1 Å². The minimum atomic E-state index is -3.86. The van der Waals surface area contributed by atoms with E-state index in [4.69, 9.17) is 8.92 Å². The van der Waals surface area contributed by atoms with Crippen molar-refractivity contribution in [3.05, 3.63) is 66.2 Å². The molecule has 23 heavy (non-hydrogen) atoms. The molecule has 0 amide bonds. The van der Waals surface area contributed by atoms with Crippen LogP contribution in [0.25, 0.3) is 0 Å². The van der Waals surface area contributed by atoms with E-state index >= 15 is 0 Å². The molecule has 0 aliphatic rings. The van der Waals surface area contributed by atoms with Gasteiger partial charge in [-0.1, -0.05) is 43.3 Å². The van der Waals surface area contributed by atoms with E-state index in [9.17, 15) is 8.42 Å². The van der Waals surface area contributed by atoms with Crippen LogP contribution < -0.4 is 8.92 Å². The third kappa shape index (κ3) is 4.36. The van der Waals surface area contributed by atoms with E-state index < -0.39 is 10.1 Å². The largest absolute Gasteiger partial charge is 0.489 e. The second-order valence-electron chi connectivity index (χ2n) is 5.07.